The number of hydrogen-bond donors (Lipinski definition) is 0. The number of esters is 1. The van der Waals surface area contributed by atoms with Gasteiger partial charge in [-0.15, -0.1) is 0 Å². The minimum Gasteiger partial charge on any atom is -0.497 e. The Morgan fingerprint density at radius 1 is 0.812 bits per heavy atom. The fourth-order valence-corrected chi connectivity index (χ4v) is 4.79. The zero-order valence-corrected chi connectivity index (χ0v) is 19.1. The van der Waals surface area contributed by atoms with Crippen molar-refractivity contribution >= 4 is 5.97 Å². The van der Waals surface area contributed by atoms with Crippen LogP contribution in [0.5, 0.6) is 5.75 Å². The van der Waals surface area contributed by atoms with Gasteiger partial charge in [0.2, 0.25) is 0 Å². The van der Waals surface area contributed by atoms with E-state index in [4.69, 9.17) is 14.2 Å². The summed E-state index contributed by atoms with van der Waals surface area (Å²) in [7, 11) is 3.11. The molecule has 4 rings (SSSR count). The second-order valence-electron chi connectivity index (χ2n) is 8.88. The number of ether oxygens (including phenoxy) is 3. The third-order valence-electron chi connectivity index (χ3n) is 6.84. The molecular formula is C28H30O4. The van der Waals surface area contributed by atoms with Crippen LogP contribution in [0.2, 0.25) is 0 Å². The topological polar surface area (TPSA) is 44.8 Å². The molecule has 4 heteroatoms. The van der Waals surface area contributed by atoms with Crippen molar-refractivity contribution in [2.45, 2.75) is 19.4 Å². The summed E-state index contributed by atoms with van der Waals surface area (Å²) in [6.45, 7) is 4.63. The molecule has 0 saturated heterocycles. The van der Waals surface area contributed by atoms with Crippen molar-refractivity contribution < 1.29 is 19.0 Å². The monoisotopic (exact) mass is 430 g/mol. The first-order chi connectivity index (χ1) is 15.4. The first kappa shape index (κ1) is 22.1. The molecule has 1 aliphatic rings. The van der Waals surface area contributed by atoms with Crippen LogP contribution in [0, 0.1) is 17.3 Å². The van der Waals surface area contributed by atoms with Gasteiger partial charge < -0.3 is 14.2 Å². The minimum absolute atomic E-state index is 0.0833. The van der Waals surface area contributed by atoms with Crippen LogP contribution in [0.25, 0.3) is 0 Å². The zero-order chi connectivity index (χ0) is 22.8. The molecule has 3 aromatic rings. The quantitative estimate of drug-likeness (QED) is 0.352. The van der Waals surface area contributed by atoms with Gasteiger partial charge in [-0.05, 0) is 34.2 Å². The summed E-state index contributed by atoms with van der Waals surface area (Å²) in [5.41, 5.74) is 2.08. The lowest BCUT2D eigenvalue weighted by Crippen LogP contribution is -2.34. The molecule has 0 spiro atoms. The van der Waals surface area contributed by atoms with E-state index in [0.29, 0.717) is 6.61 Å². The molecule has 1 saturated carbocycles. The second kappa shape index (κ2) is 8.79. The first-order valence-electron chi connectivity index (χ1n) is 10.9. The Balaban J connectivity index is 1.81. The Hall–Kier alpha value is -3.11. The Bertz CT molecular complexity index is 1000. The van der Waals surface area contributed by atoms with Crippen LogP contribution in [0.15, 0.2) is 84.9 Å². The van der Waals surface area contributed by atoms with E-state index in [1.165, 1.54) is 7.11 Å². The Labute approximate surface area is 190 Å². The molecule has 2 unspecified atom stereocenters. The fourth-order valence-electron chi connectivity index (χ4n) is 4.79. The number of carbonyl (C=O) groups is 1. The van der Waals surface area contributed by atoms with E-state index in [2.05, 4.69) is 50.2 Å². The standard InChI is InChI=1S/C28H30O4/c1-27(2)24(25(27)26(29)31-4)19-32-28(20-11-7-5-8-12-20,21-13-9-6-10-14-21)22-15-17-23(30-3)18-16-22/h5-18,24-25H,19H2,1-4H3. The van der Waals surface area contributed by atoms with E-state index in [1.54, 1.807) is 7.11 Å². The highest BCUT2D eigenvalue weighted by Gasteiger charge is 2.63. The Morgan fingerprint density at radius 3 is 1.78 bits per heavy atom. The van der Waals surface area contributed by atoms with Crippen molar-refractivity contribution in [1.82, 2.24) is 0 Å². The largest absolute Gasteiger partial charge is 0.497 e. The third kappa shape index (κ3) is 3.80. The van der Waals surface area contributed by atoms with Gasteiger partial charge in [0.05, 0.1) is 26.7 Å². The summed E-state index contributed by atoms with van der Waals surface area (Å²) in [5.74, 6) is 0.545. The van der Waals surface area contributed by atoms with Crippen molar-refractivity contribution in [3.8, 4) is 5.75 Å². The molecule has 1 fully saturated rings. The maximum atomic E-state index is 12.3. The van der Waals surface area contributed by atoms with Gasteiger partial charge in [0.1, 0.15) is 11.4 Å². The van der Waals surface area contributed by atoms with Gasteiger partial charge in [0.15, 0.2) is 0 Å². The van der Waals surface area contributed by atoms with Gasteiger partial charge in [-0.2, -0.15) is 0 Å². The lowest BCUT2D eigenvalue weighted by molar-refractivity contribution is -0.143. The molecule has 0 aliphatic heterocycles. The fraction of sp³-hybridized carbons (Fsp3) is 0.321. The van der Waals surface area contributed by atoms with E-state index >= 15 is 0 Å². The van der Waals surface area contributed by atoms with Crippen molar-refractivity contribution in [1.29, 1.82) is 0 Å². The van der Waals surface area contributed by atoms with Gasteiger partial charge in [-0.1, -0.05) is 86.6 Å². The molecule has 3 aromatic carbocycles. The van der Waals surface area contributed by atoms with Crippen LogP contribution in [-0.4, -0.2) is 26.8 Å². The number of methoxy groups -OCH3 is 2. The average molecular weight is 431 g/mol. The summed E-state index contributed by atoms with van der Waals surface area (Å²) in [4.78, 5) is 12.3. The highest BCUT2D eigenvalue weighted by atomic mass is 16.5. The Morgan fingerprint density at radius 2 is 1.31 bits per heavy atom. The van der Waals surface area contributed by atoms with Crippen molar-refractivity contribution in [2.24, 2.45) is 17.3 Å². The second-order valence-corrected chi connectivity index (χ2v) is 8.88. The average Bonchev–Trinajstić information content (AvgIpc) is 3.40. The molecule has 0 heterocycles. The molecule has 1 aliphatic carbocycles. The summed E-state index contributed by atoms with van der Waals surface area (Å²) in [5, 5.41) is 0. The molecule has 0 N–H and O–H groups in total. The summed E-state index contributed by atoms with van der Waals surface area (Å²) in [6.07, 6.45) is 0. The molecule has 0 aromatic heterocycles. The van der Waals surface area contributed by atoms with Crippen LogP contribution in [-0.2, 0) is 19.9 Å². The molecule has 4 nitrogen and oxygen atoms in total. The SMILES string of the molecule is COC(=O)C1C(COC(c2ccccc2)(c2ccccc2)c2ccc(OC)cc2)C1(C)C. The van der Waals surface area contributed by atoms with Gasteiger partial charge in [-0.25, -0.2) is 0 Å². The van der Waals surface area contributed by atoms with Crippen molar-refractivity contribution in [3.63, 3.8) is 0 Å². The molecule has 0 bridgehead atoms. The summed E-state index contributed by atoms with van der Waals surface area (Å²) in [6, 6.07) is 28.5. The van der Waals surface area contributed by atoms with E-state index < -0.39 is 5.60 Å². The molecule has 0 amide bonds. The highest BCUT2D eigenvalue weighted by molar-refractivity contribution is 5.77. The normalized spacial score (nSPS) is 19.2. The zero-order valence-electron chi connectivity index (χ0n) is 19.1. The number of rotatable bonds is 8. The maximum Gasteiger partial charge on any atom is 0.309 e. The highest BCUT2D eigenvalue weighted by Crippen LogP contribution is 2.59. The van der Waals surface area contributed by atoms with Gasteiger partial charge in [-0.3, -0.25) is 4.79 Å². The lowest BCUT2D eigenvalue weighted by atomic mass is 9.80. The van der Waals surface area contributed by atoms with Crippen molar-refractivity contribution in [3.05, 3.63) is 102 Å². The van der Waals surface area contributed by atoms with E-state index in [0.717, 1.165) is 22.4 Å². The van der Waals surface area contributed by atoms with Crippen LogP contribution in [0.3, 0.4) is 0 Å². The Kier molecular flexibility index (Phi) is 6.07. The summed E-state index contributed by atoms with van der Waals surface area (Å²) >= 11 is 0. The summed E-state index contributed by atoms with van der Waals surface area (Å²) < 4.78 is 17.3. The minimum atomic E-state index is -0.825. The van der Waals surface area contributed by atoms with Crippen LogP contribution >= 0.6 is 0 Å². The first-order valence-corrected chi connectivity index (χ1v) is 10.9. The van der Waals surface area contributed by atoms with Crippen molar-refractivity contribution in [2.75, 3.05) is 20.8 Å². The lowest BCUT2D eigenvalue weighted by Gasteiger charge is -2.36. The number of benzene rings is 3. The maximum absolute atomic E-state index is 12.3. The molecule has 32 heavy (non-hydrogen) atoms. The van der Waals surface area contributed by atoms with E-state index in [1.807, 2.05) is 48.5 Å². The van der Waals surface area contributed by atoms with Crippen LogP contribution in [0.1, 0.15) is 30.5 Å². The van der Waals surface area contributed by atoms with Gasteiger partial charge >= 0.3 is 5.97 Å². The van der Waals surface area contributed by atoms with Crippen LogP contribution < -0.4 is 4.74 Å². The number of carbonyl (C=O) groups excluding carboxylic acids is 1. The smallest absolute Gasteiger partial charge is 0.309 e. The van der Waals surface area contributed by atoms with E-state index in [9.17, 15) is 4.79 Å². The van der Waals surface area contributed by atoms with E-state index in [-0.39, 0.29) is 23.2 Å². The molecule has 2 atom stereocenters. The van der Waals surface area contributed by atoms with Gasteiger partial charge in [0, 0.05) is 5.92 Å². The molecular weight excluding hydrogens is 400 g/mol. The third-order valence-corrected chi connectivity index (χ3v) is 6.84. The number of hydrogen-bond acceptors (Lipinski definition) is 4. The predicted octanol–water partition coefficient (Wildman–Crippen LogP) is 5.45. The predicted molar refractivity (Wildman–Crippen MR) is 124 cm³/mol. The molecule has 0 radical (unpaired) electrons. The van der Waals surface area contributed by atoms with Gasteiger partial charge in [0.25, 0.3) is 0 Å². The molecule has 166 valence electrons. The van der Waals surface area contributed by atoms with Crippen LogP contribution in [0.4, 0.5) is 0 Å².